The molecule has 2 aromatic rings. The van der Waals surface area contributed by atoms with E-state index in [1.807, 2.05) is 6.07 Å². The lowest BCUT2D eigenvalue weighted by Gasteiger charge is -2.09. The molecule has 4 rings (SSSR count). The van der Waals surface area contributed by atoms with E-state index in [-0.39, 0.29) is 5.82 Å². The average molecular weight is 408 g/mol. The number of aromatic nitrogens is 3. The standard InChI is InChI=1S/C19H10Cl2F3N3/c20-11-2-1-10(12(21)7-11)8-27-6-5-15-16(9-27)26-19(25-15)17-13(22)3-4-14(23)18(17)24/h1-7,9H,8H2. The second-order valence-electron chi connectivity index (χ2n) is 5.89. The van der Waals surface area contributed by atoms with E-state index < -0.39 is 23.0 Å². The number of pyridine rings is 1. The maximum atomic E-state index is 14.0. The molecule has 3 nitrogen and oxygen atoms in total. The molecule has 2 aromatic carbocycles. The summed E-state index contributed by atoms with van der Waals surface area (Å²) >= 11 is 12.1. The SMILES string of the molecule is Fc1ccc(F)c(-c2nc3ccn(Cc4ccc(Cl)cc4Cl)cc-3n2)c1F. The van der Waals surface area contributed by atoms with Gasteiger partial charge in [0.25, 0.3) is 0 Å². The predicted molar refractivity (Wildman–Crippen MR) is 97.5 cm³/mol. The molecule has 0 spiro atoms. The molecule has 0 aliphatic carbocycles. The van der Waals surface area contributed by atoms with Gasteiger partial charge in [-0.05, 0) is 35.9 Å². The zero-order chi connectivity index (χ0) is 19.1. The van der Waals surface area contributed by atoms with Crippen molar-refractivity contribution < 1.29 is 13.2 Å². The quantitative estimate of drug-likeness (QED) is 0.400. The third-order valence-corrected chi connectivity index (χ3v) is 4.65. The van der Waals surface area contributed by atoms with Gasteiger partial charge in [0.2, 0.25) is 0 Å². The Labute approximate surface area is 162 Å². The molecule has 0 amide bonds. The topological polar surface area (TPSA) is 30.7 Å². The highest BCUT2D eigenvalue weighted by molar-refractivity contribution is 6.35. The van der Waals surface area contributed by atoms with E-state index in [0.717, 1.165) is 17.7 Å². The van der Waals surface area contributed by atoms with Crippen LogP contribution in [0.4, 0.5) is 13.2 Å². The van der Waals surface area contributed by atoms with Crippen LogP contribution in [-0.4, -0.2) is 14.5 Å². The second kappa shape index (κ2) is 6.87. The van der Waals surface area contributed by atoms with Gasteiger partial charge in [-0.15, -0.1) is 0 Å². The maximum absolute atomic E-state index is 14.0. The Kier molecular flexibility index (Phi) is 4.53. The molecule has 0 radical (unpaired) electrons. The van der Waals surface area contributed by atoms with Gasteiger partial charge < -0.3 is 4.57 Å². The van der Waals surface area contributed by atoms with Crippen molar-refractivity contribution in [2.45, 2.75) is 6.54 Å². The van der Waals surface area contributed by atoms with Gasteiger partial charge in [-0.2, -0.15) is 0 Å². The van der Waals surface area contributed by atoms with Crippen LogP contribution in [0.1, 0.15) is 5.56 Å². The Morgan fingerprint density at radius 2 is 1.63 bits per heavy atom. The van der Waals surface area contributed by atoms with Crippen LogP contribution in [0.3, 0.4) is 0 Å². The van der Waals surface area contributed by atoms with E-state index in [1.165, 1.54) is 0 Å². The normalized spacial score (nSPS) is 11.3. The number of rotatable bonds is 3. The summed E-state index contributed by atoms with van der Waals surface area (Å²) < 4.78 is 43.2. The van der Waals surface area contributed by atoms with Crippen LogP contribution in [0.25, 0.3) is 22.8 Å². The molecule has 0 fully saturated rings. The number of nitrogens with zero attached hydrogens (tertiary/aromatic N) is 3. The highest BCUT2D eigenvalue weighted by atomic mass is 35.5. The first-order chi connectivity index (χ1) is 12.9. The molecule has 0 unspecified atom stereocenters. The van der Waals surface area contributed by atoms with Crippen LogP contribution in [0.2, 0.25) is 10.0 Å². The largest absolute Gasteiger partial charge is 0.348 e. The molecular weight excluding hydrogens is 398 g/mol. The van der Waals surface area contributed by atoms with E-state index in [2.05, 4.69) is 9.97 Å². The number of hydrogen-bond acceptors (Lipinski definition) is 2. The Morgan fingerprint density at radius 1 is 0.889 bits per heavy atom. The lowest BCUT2D eigenvalue weighted by molar-refractivity contribution is 0.498. The van der Waals surface area contributed by atoms with E-state index in [4.69, 9.17) is 23.2 Å². The first-order valence-electron chi connectivity index (χ1n) is 7.83. The summed E-state index contributed by atoms with van der Waals surface area (Å²) in [4.78, 5) is 8.26. The summed E-state index contributed by atoms with van der Waals surface area (Å²) in [7, 11) is 0. The Morgan fingerprint density at radius 3 is 2.41 bits per heavy atom. The van der Waals surface area contributed by atoms with E-state index in [0.29, 0.717) is 28.0 Å². The zero-order valence-corrected chi connectivity index (χ0v) is 15.1. The molecular formula is C19H10Cl2F3N3. The number of benzene rings is 2. The minimum Gasteiger partial charge on any atom is -0.348 e. The lowest BCUT2D eigenvalue weighted by Crippen LogP contribution is -2.01. The third kappa shape index (κ3) is 3.38. The van der Waals surface area contributed by atoms with Crippen LogP contribution < -0.4 is 0 Å². The molecule has 8 heteroatoms. The third-order valence-electron chi connectivity index (χ3n) is 4.06. The van der Waals surface area contributed by atoms with Crippen LogP contribution in [0, 0.1) is 17.5 Å². The first kappa shape index (κ1) is 17.8. The Bertz CT molecular complexity index is 1130. The summed E-state index contributed by atoms with van der Waals surface area (Å²) in [6, 6.07) is 8.41. The molecule has 27 heavy (non-hydrogen) atoms. The Hall–Kier alpha value is -2.57. The Balaban J connectivity index is 1.73. The number of imidazole rings is 1. The molecule has 136 valence electrons. The van der Waals surface area contributed by atoms with Crippen molar-refractivity contribution in [3.63, 3.8) is 0 Å². The first-order valence-corrected chi connectivity index (χ1v) is 8.59. The van der Waals surface area contributed by atoms with Gasteiger partial charge >= 0.3 is 0 Å². The summed E-state index contributed by atoms with van der Waals surface area (Å²) in [5.74, 6) is -3.61. The number of fused-ring (bicyclic) bond motifs is 1. The lowest BCUT2D eigenvalue weighted by atomic mass is 10.2. The fourth-order valence-electron chi connectivity index (χ4n) is 2.74. The molecule has 0 saturated carbocycles. The van der Waals surface area contributed by atoms with Crippen LogP contribution >= 0.6 is 23.2 Å². The molecule has 0 N–H and O–H groups in total. The van der Waals surface area contributed by atoms with Gasteiger partial charge in [0.15, 0.2) is 17.5 Å². The van der Waals surface area contributed by atoms with Crippen molar-refractivity contribution in [3.05, 3.63) is 81.9 Å². The molecule has 0 aromatic heterocycles. The van der Waals surface area contributed by atoms with Gasteiger partial charge in [-0.25, -0.2) is 23.1 Å². The minimum absolute atomic E-state index is 0.207. The van der Waals surface area contributed by atoms with Crippen LogP contribution in [-0.2, 0) is 6.54 Å². The van der Waals surface area contributed by atoms with Crippen LogP contribution in [0.5, 0.6) is 0 Å². The van der Waals surface area contributed by atoms with E-state index >= 15 is 0 Å². The van der Waals surface area contributed by atoms with Crippen LogP contribution in [0.15, 0.2) is 48.8 Å². The molecule has 0 saturated heterocycles. The highest BCUT2D eigenvalue weighted by Gasteiger charge is 2.21. The van der Waals surface area contributed by atoms with E-state index in [9.17, 15) is 13.2 Å². The van der Waals surface area contributed by atoms with Crippen molar-refractivity contribution in [3.8, 4) is 22.8 Å². The van der Waals surface area contributed by atoms with Crippen molar-refractivity contribution >= 4 is 23.2 Å². The number of hydrogen-bond donors (Lipinski definition) is 0. The van der Waals surface area contributed by atoms with Crippen molar-refractivity contribution in [2.24, 2.45) is 0 Å². The van der Waals surface area contributed by atoms with E-state index in [1.54, 1.807) is 35.2 Å². The van der Waals surface area contributed by atoms with Gasteiger partial charge in [-0.1, -0.05) is 29.3 Å². The average Bonchev–Trinajstić information content (AvgIpc) is 3.04. The van der Waals surface area contributed by atoms with Crippen molar-refractivity contribution in [1.29, 1.82) is 0 Å². The molecule has 0 atom stereocenters. The number of halogens is 5. The summed E-state index contributed by atoms with van der Waals surface area (Å²) in [5, 5.41) is 1.06. The second-order valence-corrected chi connectivity index (χ2v) is 6.73. The molecule has 2 heterocycles. The van der Waals surface area contributed by atoms with Crippen molar-refractivity contribution in [1.82, 2.24) is 14.5 Å². The summed E-state index contributed by atoms with van der Waals surface area (Å²) in [5.41, 5.74) is 1.11. The minimum atomic E-state index is -1.31. The summed E-state index contributed by atoms with van der Waals surface area (Å²) in [6.45, 7) is 0.441. The van der Waals surface area contributed by atoms with Gasteiger partial charge in [0.1, 0.15) is 11.5 Å². The van der Waals surface area contributed by atoms with Crippen molar-refractivity contribution in [2.75, 3.05) is 0 Å². The smallest absolute Gasteiger partial charge is 0.172 e. The molecule has 0 bridgehead atoms. The van der Waals surface area contributed by atoms with Gasteiger partial charge in [0, 0.05) is 29.0 Å². The monoisotopic (exact) mass is 407 g/mol. The fourth-order valence-corrected chi connectivity index (χ4v) is 3.21. The van der Waals surface area contributed by atoms with Gasteiger partial charge in [-0.3, -0.25) is 0 Å². The highest BCUT2D eigenvalue weighted by Crippen LogP contribution is 2.30. The summed E-state index contributed by atoms with van der Waals surface area (Å²) in [6.07, 6.45) is 3.41. The van der Waals surface area contributed by atoms with Gasteiger partial charge in [0.05, 0.1) is 11.3 Å². The molecule has 2 aliphatic heterocycles. The molecule has 2 aliphatic rings. The predicted octanol–water partition coefficient (Wildman–Crippen LogP) is 5.82. The fraction of sp³-hybridized carbons (Fsp3) is 0.0526. The zero-order valence-electron chi connectivity index (χ0n) is 13.6. The maximum Gasteiger partial charge on any atom is 0.172 e.